The van der Waals surface area contributed by atoms with Crippen LogP contribution in [0.3, 0.4) is 0 Å². The fourth-order valence-corrected chi connectivity index (χ4v) is 4.62. The van der Waals surface area contributed by atoms with E-state index in [2.05, 4.69) is 5.32 Å². The summed E-state index contributed by atoms with van der Waals surface area (Å²) in [7, 11) is 2.45. The minimum Gasteiger partial charge on any atom is -0.465 e. The predicted molar refractivity (Wildman–Crippen MR) is 96.3 cm³/mol. The van der Waals surface area contributed by atoms with Crippen molar-refractivity contribution in [1.82, 2.24) is 0 Å². The van der Waals surface area contributed by atoms with Gasteiger partial charge in [-0.05, 0) is 42.4 Å². The number of hydrogen-bond donors (Lipinski definition) is 1. The van der Waals surface area contributed by atoms with Crippen LogP contribution in [0.5, 0.6) is 0 Å². The number of esters is 2. The molecular formula is C20H23NO6. The Morgan fingerprint density at radius 3 is 2.00 bits per heavy atom. The van der Waals surface area contributed by atoms with Crippen molar-refractivity contribution in [2.24, 2.45) is 16.7 Å². The molecule has 0 aliphatic heterocycles. The molecule has 1 N–H and O–H groups in total. The van der Waals surface area contributed by atoms with Gasteiger partial charge >= 0.3 is 11.9 Å². The largest absolute Gasteiger partial charge is 0.465 e. The van der Waals surface area contributed by atoms with Crippen molar-refractivity contribution in [2.45, 2.75) is 33.1 Å². The molecule has 0 aromatic heterocycles. The summed E-state index contributed by atoms with van der Waals surface area (Å²) in [5.74, 6) is -1.53. The molecule has 2 aliphatic rings. The van der Waals surface area contributed by atoms with Gasteiger partial charge in [-0.3, -0.25) is 9.59 Å². The van der Waals surface area contributed by atoms with Crippen LogP contribution in [0.25, 0.3) is 0 Å². The molecule has 2 unspecified atom stereocenters. The number of carbonyl (C=O) groups is 4. The smallest absolute Gasteiger partial charge is 0.337 e. The number of nitrogens with one attached hydrogen (secondary N) is 1. The number of benzene rings is 1. The fourth-order valence-electron chi connectivity index (χ4n) is 4.62. The lowest BCUT2D eigenvalue weighted by molar-refractivity contribution is -0.141. The molecular weight excluding hydrogens is 350 g/mol. The molecule has 7 nitrogen and oxygen atoms in total. The molecule has 7 heteroatoms. The minimum atomic E-state index is -1.08. The van der Waals surface area contributed by atoms with E-state index in [4.69, 9.17) is 9.47 Å². The SMILES string of the molecule is COC(=O)c1cc(NC(=O)C23CCC(CC2=O)C3(C)C)cc(C(=O)OC)c1. The molecule has 144 valence electrons. The van der Waals surface area contributed by atoms with Crippen molar-refractivity contribution < 1.29 is 28.7 Å². The molecule has 2 bridgehead atoms. The van der Waals surface area contributed by atoms with E-state index in [1.54, 1.807) is 0 Å². The zero-order valence-electron chi connectivity index (χ0n) is 15.9. The number of ketones is 1. The summed E-state index contributed by atoms with van der Waals surface area (Å²) < 4.78 is 9.41. The average molecular weight is 373 g/mol. The summed E-state index contributed by atoms with van der Waals surface area (Å²) in [6.45, 7) is 3.92. The number of methoxy groups -OCH3 is 2. The van der Waals surface area contributed by atoms with Crippen LogP contribution in [-0.2, 0) is 19.1 Å². The third-order valence-corrected chi connectivity index (χ3v) is 6.32. The average Bonchev–Trinajstić information content (AvgIpc) is 3.02. The molecule has 0 saturated heterocycles. The van der Waals surface area contributed by atoms with Crippen molar-refractivity contribution in [2.75, 3.05) is 19.5 Å². The van der Waals surface area contributed by atoms with Gasteiger partial charge in [0.25, 0.3) is 0 Å². The van der Waals surface area contributed by atoms with Gasteiger partial charge in [0.1, 0.15) is 11.2 Å². The van der Waals surface area contributed by atoms with Gasteiger partial charge in [0.05, 0.1) is 25.3 Å². The number of Topliss-reactive ketones (excluding diaryl/α,β-unsaturated/α-hetero) is 1. The van der Waals surface area contributed by atoms with E-state index in [-0.39, 0.29) is 28.5 Å². The van der Waals surface area contributed by atoms with Gasteiger partial charge in [-0.25, -0.2) is 9.59 Å². The Morgan fingerprint density at radius 1 is 1.04 bits per heavy atom. The quantitative estimate of drug-likeness (QED) is 0.643. The Bertz CT molecular complexity index is 809. The first kappa shape index (κ1) is 19.1. The summed E-state index contributed by atoms with van der Waals surface area (Å²) in [4.78, 5) is 49.6. The number of fused-ring (bicyclic) bond motifs is 2. The van der Waals surface area contributed by atoms with E-state index in [1.165, 1.54) is 32.4 Å². The monoisotopic (exact) mass is 373 g/mol. The van der Waals surface area contributed by atoms with Gasteiger partial charge in [0.2, 0.25) is 5.91 Å². The minimum absolute atomic E-state index is 0.0430. The van der Waals surface area contributed by atoms with Crippen molar-refractivity contribution >= 4 is 29.3 Å². The zero-order chi connectivity index (χ0) is 20.0. The lowest BCUT2D eigenvalue weighted by Crippen LogP contribution is -2.46. The van der Waals surface area contributed by atoms with Crippen LogP contribution in [0, 0.1) is 16.7 Å². The molecule has 3 rings (SSSR count). The highest BCUT2D eigenvalue weighted by atomic mass is 16.5. The van der Waals surface area contributed by atoms with Gasteiger partial charge < -0.3 is 14.8 Å². The standard InChI is InChI=1S/C20H23NO6/c1-19(2)13-5-6-20(19,15(22)10-13)18(25)21-14-8-11(16(23)26-3)7-12(9-14)17(24)27-4/h7-9,13H,5-6,10H2,1-4H3,(H,21,25). The number of amides is 1. The highest BCUT2D eigenvalue weighted by Crippen LogP contribution is 2.64. The maximum Gasteiger partial charge on any atom is 0.337 e. The van der Waals surface area contributed by atoms with E-state index < -0.39 is 28.7 Å². The highest BCUT2D eigenvalue weighted by molar-refractivity contribution is 6.14. The number of hydrogen-bond acceptors (Lipinski definition) is 6. The Labute approximate surface area is 157 Å². The number of anilines is 1. The lowest BCUT2D eigenvalue weighted by Gasteiger charge is -2.34. The third kappa shape index (κ3) is 2.72. The maximum absolute atomic E-state index is 13.2. The van der Waals surface area contributed by atoms with E-state index >= 15 is 0 Å². The maximum atomic E-state index is 13.2. The molecule has 0 radical (unpaired) electrons. The van der Waals surface area contributed by atoms with Gasteiger partial charge in [0, 0.05) is 12.1 Å². The normalized spacial score (nSPS) is 25.2. The number of carbonyl (C=O) groups excluding carboxylic acids is 4. The van der Waals surface area contributed by atoms with Crippen LogP contribution in [0.4, 0.5) is 5.69 Å². The van der Waals surface area contributed by atoms with Crippen LogP contribution in [-0.4, -0.2) is 37.8 Å². The van der Waals surface area contributed by atoms with E-state index in [0.717, 1.165) is 6.42 Å². The molecule has 1 aromatic carbocycles. The highest BCUT2D eigenvalue weighted by Gasteiger charge is 2.68. The second-order valence-corrected chi connectivity index (χ2v) is 7.73. The van der Waals surface area contributed by atoms with E-state index in [1.807, 2.05) is 13.8 Å². The number of rotatable bonds is 4. The Balaban J connectivity index is 1.97. The molecule has 27 heavy (non-hydrogen) atoms. The summed E-state index contributed by atoms with van der Waals surface area (Å²) in [5, 5.41) is 2.75. The summed E-state index contributed by atoms with van der Waals surface area (Å²) in [5.41, 5.74) is -1.05. The second kappa shape index (κ2) is 6.48. The Kier molecular flexibility index (Phi) is 4.57. The molecule has 1 amide bonds. The predicted octanol–water partition coefficient (Wildman–Crippen LogP) is 2.59. The molecule has 2 aliphatic carbocycles. The van der Waals surface area contributed by atoms with Crippen LogP contribution in [0.15, 0.2) is 18.2 Å². The van der Waals surface area contributed by atoms with Crippen LogP contribution in [0.1, 0.15) is 53.8 Å². The molecule has 0 heterocycles. The zero-order valence-corrected chi connectivity index (χ0v) is 15.9. The Hall–Kier alpha value is -2.70. The lowest BCUT2D eigenvalue weighted by atomic mass is 9.68. The topological polar surface area (TPSA) is 98.8 Å². The summed E-state index contributed by atoms with van der Waals surface area (Å²) in [6.07, 6.45) is 1.76. The number of ether oxygens (including phenoxy) is 2. The van der Waals surface area contributed by atoms with E-state index in [9.17, 15) is 19.2 Å². The van der Waals surface area contributed by atoms with Crippen LogP contribution in [0.2, 0.25) is 0 Å². The molecule has 2 saturated carbocycles. The third-order valence-electron chi connectivity index (χ3n) is 6.32. The van der Waals surface area contributed by atoms with Crippen LogP contribution >= 0.6 is 0 Å². The first-order chi connectivity index (χ1) is 12.7. The molecule has 1 aromatic rings. The molecule has 2 fully saturated rings. The summed E-state index contributed by atoms with van der Waals surface area (Å²) >= 11 is 0. The van der Waals surface area contributed by atoms with E-state index in [0.29, 0.717) is 12.8 Å². The van der Waals surface area contributed by atoms with Gasteiger partial charge in [-0.2, -0.15) is 0 Å². The second-order valence-electron chi connectivity index (χ2n) is 7.73. The molecule has 2 atom stereocenters. The van der Waals surface area contributed by atoms with Crippen molar-refractivity contribution in [1.29, 1.82) is 0 Å². The first-order valence-electron chi connectivity index (χ1n) is 8.84. The van der Waals surface area contributed by atoms with Crippen molar-refractivity contribution in [3.05, 3.63) is 29.3 Å². The fraction of sp³-hybridized carbons (Fsp3) is 0.500. The van der Waals surface area contributed by atoms with Gasteiger partial charge in [-0.15, -0.1) is 0 Å². The van der Waals surface area contributed by atoms with Gasteiger partial charge in [-0.1, -0.05) is 13.8 Å². The first-order valence-corrected chi connectivity index (χ1v) is 8.84. The van der Waals surface area contributed by atoms with Gasteiger partial charge in [0.15, 0.2) is 0 Å². The molecule has 0 spiro atoms. The van der Waals surface area contributed by atoms with Crippen molar-refractivity contribution in [3.8, 4) is 0 Å². The Morgan fingerprint density at radius 2 is 1.59 bits per heavy atom. The van der Waals surface area contributed by atoms with Crippen molar-refractivity contribution in [3.63, 3.8) is 0 Å². The van der Waals surface area contributed by atoms with Crippen LogP contribution < -0.4 is 5.32 Å². The summed E-state index contributed by atoms with van der Waals surface area (Å²) in [6, 6.07) is 4.18.